The third-order valence-corrected chi connectivity index (χ3v) is 5.58. The third-order valence-electron chi connectivity index (χ3n) is 5.58. The van der Waals surface area contributed by atoms with Gasteiger partial charge < -0.3 is 33.7 Å². The van der Waals surface area contributed by atoms with Crippen molar-refractivity contribution in [2.75, 3.05) is 41.6 Å². The largest absolute Gasteiger partial charge is 0.507 e. The fourth-order valence-electron chi connectivity index (χ4n) is 4.03. The molecule has 0 aromatic heterocycles. The summed E-state index contributed by atoms with van der Waals surface area (Å²) in [5, 5.41) is 11.2. The maximum atomic E-state index is 13.2. The number of ether oxygens (including phenoxy) is 5. The Morgan fingerprint density at radius 2 is 1.57 bits per heavy atom. The Morgan fingerprint density at radius 3 is 2.06 bits per heavy atom. The molecule has 1 atom stereocenters. The van der Waals surface area contributed by atoms with Gasteiger partial charge in [-0.05, 0) is 55.8 Å². The number of hydrogen-bond donors (Lipinski definition) is 1. The average molecular weight is 486 g/mol. The zero-order valence-corrected chi connectivity index (χ0v) is 20.8. The number of carbonyl (C=O) groups is 2. The van der Waals surface area contributed by atoms with Gasteiger partial charge in [-0.3, -0.25) is 9.59 Å². The van der Waals surface area contributed by atoms with Gasteiger partial charge >= 0.3 is 0 Å². The summed E-state index contributed by atoms with van der Waals surface area (Å²) < 4.78 is 27.1. The second-order valence-electron chi connectivity index (χ2n) is 8.13. The SMILES string of the molecule is COCCN1C(=O)C(=O)C(=C(O)c2ccc(OC(C)C)cc2)[C@@H]1c1cc(OC)c(OC)c(OC)c1. The minimum Gasteiger partial charge on any atom is -0.507 e. The van der Waals surface area contributed by atoms with Crippen LogP contribution < -0.4 is 18.9 Å². The van der Waals surface area contributed by atoms with Crippen molar-refractivity contribution in [1.82, 2.24) is 4.90 Å². The molecule has 0 aliphatic carbocycles. The van der Waals surface area contributed by atoms with Crippen molar-refractivity contribution < 1.29 is 38.4 Å². The quantitative estimate of drug-likeness (QED) is 0.310. The van der Waals surface area contributed by atoms with E-state index in [2.05, 4.69) is 0 Å². The number of rotatable bonds is 10. The molecular weight excluding hydrogens is 454 g/mol. The molecule has 35 heavy (non-hydrogen) atoms. The molecule has 1 heterocycles. The van der Waals surface area contributed by atoms with Crippen LogP contribution in [-0.2, 0) is 14.3 Å². The van der Waals surface area contributed by atoms with Crippen LogP contribution in [0.25, 0.3) is 5.76 Å². The Balaban J connectivity index is 2.19. The zero-order chi connectivity index (χ0) is 25.7. The van der Waals surface area contributed by atoms with E-state index in [0.717, 1.165) is 0 Å². The molecular formula is C26H31NO8. The van der Waals surface area contributed by atoms with Crippen LogP contribution in [0.1, 0.15) is 31.0 Å². The highest BCUT2D eigenvalue weighted by Gasteiger charge is 2.46. The summed E-state index contributed by atoms with van der Waals surface area (Å²) >= 11 is 0. The second kappa shape index (κ2) is 11.1. The molecule has 9 nitrogen and oxygen atoms in total. The van der Waals surface area contributed by atoms with Gasteiger partial charge in [-0.15, -0.1) is 0 Å². The highest BCUT2D eigenvalue weighted by atomic mass is 16.5. The molecule has 1 aliphatic heterocycles. The Kier molecular flexibility index (Phi) is 8.24. The van der Waals surface area contributed by atoms with E-state index in [1.54, 1.807) is 36.4 Å². The molecule has 0 unspecified atom stereocenters. The van der Waals surface area contributed by atoms with Crippen LogP contribution in [0.2, 0.25) is 0 Å². The second-order valence-corrected chi connectivity index (χ2v) is 8.13. The zero-order valence-electron chi connectivity index (χ0n) is 20.8. The highest BCUT2D eigenvalue weighted by molar-refractivity contribution is 6.46. The Bertz CT molecular complexity index is 1080. The van der Waals surface area contributed by atoms with Crippen molar-refractivity contribution in [3.05, 3.63) is 53.1 Å². The van der Waals surface area contributed by atoms with Crippen LogP contribution in [0.15, 0.2) is 42.0 Å². The monoisotopic (exact) mass is 485 g/mol. The normalized spacial score (nSPS) is 17.1. The molecule has 3 rings (SSSR count). The lowest BCUT2D eigenvalue weighted by Gasteiger charge is -2.26. The third kappa shape index (κ3) is 5.19. The first-order chi connectivity index (χ1) is 16.8. The van der Waals surface area contributed by atoms with Crippen molar-refractivity contribution in [2.45, 2.75) is 26.0 Å². The number of ketones is 1. The molecule has 0 spiro atoms. The van der Waals surface area contributed by atoms with Crippen LogP contribution in [0, 0.1) is 0 Å². The summed E-state index contributed by atoms with van der Waals surface area (Å²) in [5.41, 5.74) is 0.845. The number of hydrogen-bond acceptors (Lipinski definition) is 8. The first-order valence-electron chi connectivity index (χ1n) is 11.1. The first kappa shape index (κ1) is 25.9. The molecule has 0 saturated carbocycles. The fourth-order valence-corrected chi connectivity index (χ4v) is 4.03. The summed E-state index contributed by atoms with van der Waals surface area (Å²) in [7, 11) is 5.94. The van der Waals surface area contributed by atoms with Crippen LogP contribution in [0.3, 0.4) is 0 Å². The number of carbonyl (C=O) groups excluding carboxylic acids is 2. The minimum atomic E-state index is -0.898. The van der Waals surface area contributed by atoms with Gasteiger partial charge in [-0.2, -0.15) is 0 Å². The lowest BCUT2D eigenvalue weighted by atomic mass is 9.94. The Morgan fingerprint density at radius 1 is 0.971 bits per heavy atom. The van der Waals surface area contributed by atoms with Gasteiger partial charge in [0.2, 0.25) is 5.75 Å². The lowest BCUT2D eigenvalue weighted by molar-refractivity contribution is -0.140. The van der Waals surface area contributed by atoms with Crippen molar-refractivity contribution in [3.63, 3.8) is 0 Å². The molecule has 0 bridgehead atoms. The molecule has 1 saturated heterocycles. The topological polar surface area (TPSA) is 104 Å². The molecule has 188 valence electrons. The fraction of sp³-hybridized carbons (Fsp3) is 0.385. The Hall–Kier alpha value is -3.72. The smallest absolute Gasteiger partial charge is 0.295 e. The predicted molar refractivity (Wildman–Crippen MR) is 129 cm³/mol. The molecule has 2 aromatic rings. The average Bonchev–Trinajstić information content (AvgIpc) is 3.10. The van der Waals surface area contributed by atoms with Crippen molar-refractivity contribution in [1.29, 1.82) is 0 Å². The number of amides is 1. The van der Waals surface area contributed by atoms with Crippen LogP contribution in [0.5, 0.6) is 23.0 Å². The highest BCUT2D eigenvalue weighted by Crippen LogP contribution is 2.45. The van der Waals surface area contributed by atoms with Gasteiger partial charge in [0.15, 0.2) is 11.5 Å². The summed E-state index contributed by atoms with van der Waals surface area (Å²) in [6.07, 6.45) is -0.0133. The molecule has 2 aromatic carbocycles. The molecule has 1 amide bonds. The van der Waals surface area contributed by atoms with Gasteiger partial charge in [0.05, 0.1) is 45.7 Å². The maximum absolute atomic E-state index is 13.2. The first-order valence-corrected chi connectivity index (χ1v) is 11.1. The number of likely N-dealkylation sites (tertiary alicyclic amines) is 1. The summed E-state index contributed by atoms with van der Waals surface area (Å²) in [6, 6.07) is 9.10. The summed E-state index contributed by atoms with van der Waals surface area (Å²) in [6.45, 7) is 4.16. The number of methoxy groups -OCH3 is 4. The molecule has 1 aliphatic rings. The lowest BCUT2D eigenvalue weighted by Crippen LogP contribution is -2.32. The number of benzene rings is 2. The summed E-state index contributed by atoms with van der Waals surface area (Å²) in [5.74, 6) is -0.115. The van der Waals surface area contributed by atoms with E-state index >= 15 is 0 Å². The van der Waals surface area contributed by atoms with E-state index in [0.29, 0.717) is 34.1 Å². The minimum absolute atomic E-state index is 0.0133. The molecule has 1 N–H and O–H groups in total. The maximum Gasteiger partial charge on any atom is 0.295 e. The van der Waals surface area contributed by atoms with E-state index in [4.69, 9.17) is 23.7 Å². The summed E-state index contributed by atoms with van der Waals surface area (Å²) in [4.78, 5) is 27.5. The van der Waals surface area contributed by atoms with Gasteiger partial charge in [0.25, 0.3) is 11.7 Å². The van der Waals surface area contributed by atoms with Crippen molar-refractivity contribution >= 4 is 17.4 Å². The molecule has 0 radical (unpaired) electrons. The van der Waals surface area contributed by atoms with Crippen LogP contribution in [0.4, 0.5) is 0 Å². The molecule has 9 heteroatoms. The standard InChI is InChI=1S/C26H31NO8/c1-15(2)35-18-9-7-16(8-10-18)23(28)21-22(27(11-12-31-3)26(30)24(21)29)17-13-19(32-4)25(34-6)20(14-17)33-5/h7-10,13-15,22,28H,11-12H2,1-6H3/t22-/m0/s1. The van der Waals surface area contributed by atoms with Crippen molar-refractivity contribution in [2.24, 2.45) is 0 Å². The van der Waals surface area contributed by atoms with E-state index in [1.807, 2.05) is 13.8 Å². The van der Waals surface area contributed by atoms with Gasteiger partial charge in [0, 0.05) is 19.2 Å². The van der Waals surface area contributed by atoms with Gasteiger partial charge in [0.1, 0.15) is 11.5 Å². The predicted octanol–water partition coefficient (Wildman–Crippen LogP) is 3.57. The van der Waals surface area contributed by atoms with Crippen LogP contribution in [-0.4, -0.2) is 69.4 Å². The van der Waals surface area contributed by atoms with E-state index in [1.165, 1.54) is 33.3 Å². The van der Waals surface area contributed by atoms with E-state index in [9.17, 15) is 14.7 Å². The molecule has 1 fully saturated rings. The van der Waals surface area contributed by atoms with Crippen LogP contribution >= 0.6 is 0 Å². The van der Waals surface area contributed by atoms with E-state index in [-0.39, 0.29) is 30.6 Å². The number of aliphatic hydroxyl groups is 1. The van der Waals surface area contributed by atoms with Gasteiger partial charge in [-0.25, -0.2) is 0 Å². The number of Topliss-reactive ketones (excluding diaryl/α,β-unsaturated/α-hetero) is 1. The van der Waals surface area contributed by atoms with Crippen molar-refractivity contribution in [3.8, 4) is 23.0 Å². The number of nitrogens with zero attached hydrogens (tertiary/aromatic N) is 1. The van der Waals surface area contributed by atoms with Gasteiger partial charge in [-0.1, -0.05) is 0 Å². The number of aliphatic hydroxyl groups excluding tert-OH is 1. The Labute approximate surface area is 204 Å². The van der Waals surface area contributed by atoms with E-state index < -0.39 is 17.7 Å².